The van der Waals surface area contributed by atoms with Crippen LogP contribution in [0.4, 0.5) is 0 Å². The SMILES string of the molecule is CO[Si](CCCCCCCN=[N+]=[N-])(OC)OC. The Morgan fingerprint density at radius 2 is 1.47 bits per heavy atom. The van der Waals surface area contributed by atoms with Crippen LogP contribution in [0.25, 0.3) is 10.4 Å². The zero-order chi connectivity index (χ0) is 13.0. The molecule has 0 aliphatic carbocycles. The van der Waals surface area contributed by atoms with E-state index in [1.807, 2.05) is 0 Å². The molecule has 0 aromatic heterocycles. The van der Waals surface area contributed by atoms with Crippen LogP contribution in [0.3, 0.4) is 0 Å². The Balaban J connectivity index is 3.52. The Morgan fingerprint density at radius 1 is 0.941 bits per heavy atom. The fourth-order valence-electron chi connectivity index (χ4n) is 1.66. The molecule has 0 radical (unpaired) electrons. The maximum absolute atomic E-state index is 8.10. The predicted octanol–water partition coefficient (Wildman–Crippen LogP) is 3.13. The third kappa shape index (κ3) is 7.35. The molecule has 0 aliphatic heterocycles. The Bertz CT molecular complexity index is 223. The van der Waals surface area contributed by atoms with Crippen molar-refractivity contribution in [3.63, 3.8) is 0 Å². The van der Waals surface area contributed by atoms with Crippen LogP contribution < -0.4 is 0 Å². The van der Waals surface area contributed by atoms with Gasteiger partial charge >= 0.3 is 8.80 Å². The average molecular weight is 261 g/mol. The molecule has 0 amide bonds. The summed E-state index contributed by atoms with van der Waals surface area (Å²) in [6, 6.07) is 0.854. The van der Waals surface area contributed by atoms with E-state index in [0.29, 0.717) is 6.54 Å². The summed E-state index contributed by atoms with van der Waals surface area (Å²) >= 11 is 0. The summed E-state index contributed by atoms with van der Waals surface area (Å²) in [5.74, 6) is 0. The maximum Gasteiger partial charge on any atom is 0.500 e. The molecule has 0 saturated carbocycles. The summed E-state index contributed by atoms with van der Waals surface area (Å²) in [4.78, 5) is 2.72. The Kier molecular flexibility index (Phi) is 10.2. The van der Waals surface area contributed by atoms with Crippen molar-refractivity contribution in [1.82, 2.24) is 0 Å². The van der Waals surface area contributed by atoms with E-state index >= 15 is 0 Å². The second-order valence-corrected chi connectivity index (χ2v) is 6.86. The van der Waals surface area contributed by atoms with Gasteiger partial charge in [0.15, 0.2) is 0 Å². The van der Waals surface area contributed by atoms with Crippen LogP contribution in [0.1, 0.15) is 32.1 Å². The molecular weight excluding hydrogens is 238 g/mol. The molecule has 17 heavy (non-hydrogen) atoms. The molecule has 0 aromatic rings. The van der Waals surface area contributed by atoms with E-state index in [1.165, 1.54) is 0 Å². The molecule has 0 aliphatic rings. The average Bonchev–Trinajstić information content (AvgIpc) is 2.38. The fourth-order valence-corrected chi connectivity index (χ4v) is 3.45. The van der Waals surface area contributed by atoms with Crippen LogP contribution in [0.5, 0.6) is 0 Å². The quantitative estimate of drug-likeness (QED) is 0.188. The van der Waals surface area contributed by atoms with E-state index in [2.05, 4.69) is 10.0 Å². The van der Waals surface area contributed by atoms with Crippen molar-refractivity contribution >= 4 is 8.80 Å². The number of unbranched alkanes of at least 4 members (excludes halogenated alkanes) is 4. The molecule has 0 unspecified atom stereocenters. The van der Waals surface area contributed by atoms with Gasteiger partial charge in [-0.1, -0.05) is 24.4 Å². The zero-order valence-electron chi connectivity index (χ0n) is 11.0. The lowest BCUT2D eigenvalue weighted by atomic mass is 10.1. The number of rotatable bonds is 11. The van der Waals surface area contributed by atoms with Gasteiger partial charge in [0, 0.05) is 38.8 Å². The normalized spacial score (nSPS) is 11.2. The Morgan fingerprint density at radius 3 is 2.00 bits per heavy atom. The first-order chi connectivity index (χ1) is 8.24. The van der Waals surface area contributed by atoms with Gasteiger partial charge in [-0.2, -0.15) is 0 Å². The van der Waals surface area contributed by atoms with Crippen LogP contribution in [0.2, 0.25) is 6.04 Å². The highest BCUT2D eigenvalue weighted by Crippen LogP contribution is 2.17. The highest BCUT2D eigenvalue weighted by atomic mass is 28.4. The Labute approximate surface area is 104 Å². The van der Waals surface area contributed by atoms with E-state index in [-0.39, 0.29) is 0 Å². The first kappa shape index (κ1) is 16.4. The lowest BCUT2D eigenvalue weighted by Crippen LogP contribution is -2.42. The highest BCUT2D eigenvalue weighted by molar-refractivity contribution is 6.60. The number of nitrogens with zero attached hydrogens (tertiary/aromatic N) is 3. The van der Waals surface area contributed by atoms with Gasteiger partial charge in [-0.15, -0.1) is 0 Å². The molecule has 100 valence electrons. The molecule has 0 N–H and O–H groups in total. The highest BCUT2D eigenvalue weighted by Gasteiger charge is 2.36. The van der Waals surface area contributed by atoms with Gasteiger partial charge in [-0.25, -0.2) is 0 Å². The van der Waals surface area contributed by atoms with Crippen molar-refractivity contribution in [2.75, 3.05) is 27.9 Å². The summed E-state index contributed by atoms with van der Waals surface area (Å²) in [5, 5.41) is 3.50. The molecule has 6 nitrogen and oxygen atoms in total. The summed E-state index contributed by atoms with van der Waals surface area (Å²) in [6.45, 7) is 0.601. The summed E-state index contributed by atoms with van der Waals surface area (Å²) in [6.07, 6.45) is 5.37. The van der Waals surface area contributed by atoms with E-state index in [9.17, 15) is 0 Å². The number of hydrogen-bond acceptors (Lipinski definition) is 4. The fraction of sp³-hybridized carbons (Fsp3) is 1.00. The van der Waals surface area contributed by atoms with E-state index < -0.39 is 8.80 Å². The van der Waals surface area contributed by atoms with Gasteiger partial charge < -0.3 is 13.3 Å². The first-order valence-electron chi connectivity index (χ1n) is 5.91. The topological polar surface area (TPSA) is 76.5 Å². The molecule has 0 heterocycles. The predicted molar refractivity (Wildman–Crippen MR) is 68.7 cm³/mol. The van der Waals surface area contributed by atoms with E-state index in [1.54, 1.807) is 21.3 Å². The van der Waals surface area contributed by atoms with Gasteiger partial charge in [-0.3, -0.25) is 0 Å². The zero-order valence-corrected chi connectivity index (χ0v) is 12.0. The third-order valence-electron chi connectivity index (χ3n) is 2.74. The number of azide groups is 1. The summed E-state index contributed by atoms with van der Waals surface area (Å²) in [7, 11) is 2.55. The van der Waals surface area contributed by atoms with Crippen molar-refractivity contribution < 1.29 is 13.3 Å². The molecule has 0 bridgehead atoms. The molecule has 0 rings (SSSR count). The van der Waals surface area contributed by atoms with Gasteiger partial charge in [0.25, 0.3) is 0 Å². The molecule has 0 fully saturated rings. The molecule has 7 heteroatoms. The molecule has 0 atom stereocenters. The van der Waals surface area contributed by atoms with Gasteiger partial charge in [0.2, 0.25) is 0 Å². The van der Waals surface area contributed by atoms with Crippen molar-refractivity contribution in [3.8, 4) is 0 Å². The minimum atomic E-state index is -2.37. The molecule has 0 spiro atoms. The van der Waals surface area contributed by atoms with E-state index in [4.69, 9.17) is 18.8 Å². The summed E-state index contributed by atoms with van der Waals surface area (Å²) < 4.78 is 16.0. The largest absolute Gasteiger partial charge is 0.500 e. The van der Waals surface area contributed by atoms with Crippen molar-refractivity contribution in [3.05, 3.63) is 10.4 Å². The summed E-state index contributed by atoms with van der Waals surface area (Å²) in [5.41, 5.74) is 8.10. The Hall–Kier alpha value is -0.593. The standard InChI is InChI=1S/C10H23N3O3Si/c1-14-17(15-2,16-3)10-8-6-4-5-7-9-12-13-11/h4-10H2,1-3H3. The van der Waals surface area contributed by atoms with Gasteiger partial charge in [0.1, 0.15) is 0 Å². The van der Waals surface area contributed by atoms with Crippen LogP contribution in [0, 0.1) is 0 Å². The lowest BCUT2D eigenvalue weighted by Gasteiger charge is -2.24. The smallest absolute Gasteiger partial charge is 0.377 e. The maximum atomic E-state index is 8.10. The second-order valence-electron chi connectivity index (χ2n) is 3.77. The van der Waals surface area contributed by atoms with Gasteiger partial charge in [0.05, 0.1) is 0 Å². The van der Waals surface area contributed by atoms with Gasteiger partial charge in [-0.05, 0) is 18.4 Å². The molecule has 0 saturated heterocycles. The minimum absolute atomic E-state index is 0.601. The van der Waals surface area contributed by atoms with Crippen LogP contribution in [0.15, 0.2) is 5.11 Å². The molecule has 0 aromatic carbocycles. The van der Waals surface area contributed by atoms with Crippen molar-refractivity contribution in [2.45, 2.75) is 38.1 Å². The van der Waals surface area contributed by atoms with E-state index in [0.717, 1.165) is 38.1 Å². The van der Waals surface area contributed by atoms with Crippen molar-refractivity contribution in [2.24, 2.45) is 5.11 Å². The van der Waals surface area contributed by atoms with Crippen LogP contribution in [-0.2, 0) is 13.3 Å². The molecular formula is C10H23N3O3Si. The van der Waals surface area contributed by atoms with Crippen LogP contribution in [-0.4, -0.2) is 36.7 Å². The monoisotopic (exact) mass is 261 g/mol. The second kappa shape index (κ2) is 10.6. The first-order valence-corrected chi connectivity index (χ1v) is 7.84. The van der Waals surface area contributed by atoms with Crippen molar-refractivity contribution in [1.29, 1.82) is 0 Å². The lowest BCUT2D eigenvalue weighted by molar-refractivity contribution is 0.122. The minimum Gasteiger partial charge on any atom is -0.377 e. The van der Waals surface area contributed by atoms with Crippen LogP contribution >= 0.6 is 0 Å². The number of hydrogen-bond donors (Lipinski definition) is 0. The third-order valence-corrected chi connectivity index (χ3v) is 5.57.